The second kappa shape index (κ2) is 5.95. The molecule has 0 saturated heterocycles. The zero-order chi connectivity index (χ0) is 14.0. The molecule has 0 fully saturated rings. The van der Waals surface area contributed by atoms with E-state index in [1.54, 1.807) is 6.20 Å². The van der Waals surface area contributed by atoms with E-state index in [2.05, 4.69) is 24.3 Å². The Balaban J connectivity index is 2.55. The molecule has 1 atom stereocenters. The lowest BCUT2D eigenvalue weighted by atomic mass is 10.0. The minimum Gasteiger partial charge on any atom is -0.308 e. The molecule has 0 saturated carbocycles. The number of benzene rings is 1. The van der Waals surface area contributed by atoms with Gasteiger partial charge in [-0.3, -0.25) is 4.68 Å². The fourth-order valence-electron chi connectivity index (χ4n) is 2.18. The predicted octanol–water partition coefficient (Wildman–Crippen LogP) is 4.08. The van der Waals surface area contributed by atoms with Crippen LogP contribution in [0.1, 0.15) is 37.2 Å². The first kappa shape index (κ1) is 14.4. The van der Waals surface area contributed by atoms with E-state index in [9.17, 15) is 0 Å². The topological polar surface area (TPSA) is 29.9 Å². The molecule has 0 bridgehead atoms. The number of nitrogens with zero attached hydrogens (tertiary/aromatic N) is 2. The molecule has 0 spiro atoms. The van der Waals surface area contributed by atoms with E-state index in [4.69, 9.17) is 23.2 Å². The third-order valence-electron chi connectivity index (χ3n) is 3.05. The zero-order valence-corrected chi connectivity index (χ0v) is 12.7. The highest BCUT2D eigenvalue weighted by Gasteiger charge is 2.23. The van der Waals surface area contributed by atoms with E-state index in [1.165, 1.54) is 0 Å². The van der Waals surface area contributed by atoms with Gasteiger partial charge in [-0.2, -0.15) is 5.10 Å². The molecule has 1 N–H and O–H groups in total. The maximum absolute atomic E-state index is 6.30. The maximum Gasteiger partial charge on any atom is 0.0837 e. The van der Waals surface area contributed by atoms with Crippen molar-refractivity contribution in [3.8, 4) is 0 Å². The lowest BCUT2D eigenvalue weighted by Gasteiger charge is -2.21. The third-order valence-corrected chi connectivity index (χ3v) is 3.69. The van der Waals surface area contributed by atoms with Gasteiger partial charge >= 0.3 is 0 Å². The number of halogens is 2. The summed E-state index contributed by atoms with van der Waals surface area (Å²) in [6.45, 7) is 4.15. The molecule has 1 heterocycles. The quantitative estimate of drug-likeness (QED) is 0.921. The van der Waals surface area contributed by atoms with Gasteiger partial charge in [0.15, 0.2) is 0 Å². The zero-order valence-electron chi connectivity index (χ0n) is 11.2. The Morgan fingerprint density at radius 3 is 2.42 bits per heavy atom. The fraction of sp³-hybridized carbons (Fsp3) is 0.357. The Kier molecular flexibility index (Phi) is 4.50. The van der Waals surface area contributed by atoms with Crippen LogP contribution in [0.25, 0.3) is 0 Å². The van der Waals surface area contributed by atoms with Crippen LogP contribution >= 0.6 is 23.2 Å². The molecule has 0 aliphatic carbocycles. The predicted molar refractivity (Wildman–Crippen MR) is 80.0 cm³/mol. The Hall–Kier alpha value is -1.03. The van der Waals surface area contributed by atoms with Crippen LogP contribution in [0, 0.1) is 0 Å². The molecule has 0 radical (unpaired) electrons. The van der Waals surface area contributed by atoms with Crippen LogP contribution in [0.4, 0.5) is 0 Å². The monoisotopic (exact) mass is 297 g/mol. The van der Waals surface area contributed by atoms with Gasteiger partial charge in [-0.05, 0) is 32.5 Å². The molecule has 2 rings (SSSR count). The normalized spacial score (nSPS) is 12.9. The molecule has 19 heavy (non-hydrogen) atoms. The van der Waals surface area contributed by atoms with E-state index in [-0.39, 0.29) is 12.1 Å². The molecular weight excluding hydrogens is 281 g/mol. The number of nitrogens with one attached hydrogen (secondary N) is 1. The molecule has 1 unspecified atom stereocenters. The van der Waals surface area contributed by atoms with E-state index in [0.717, 1.165) is 16.3 Å². The highest BCUT2D eigenvalue weighted by atomic mass is 35.5. The van der Waals surface area contributed by atoms with Crippen LogP contribution in [0.5, 0.6) is 0 Å². The molecule has 1 aromatic heterocycles. The van der Waals surface area contributed by atoms with Gasteiger partial charge in [0.2, 0.25) is 0 Å². The first-order valence-corrected chi connectivity index (χ1v) is 6.96. The van der Waals surface area contributed by atoms with Crippen molar-refractivity contribution in [3.63, 3.8) is 0 Å². The summed E-state index contributed by atoms with van der Waals surface area (Å²) in [4.78, 5) is 0. The van der Waals surface area contributed by atoms with Gasteiger partial charge in [-0.1, -0.05) is 41.4 Å². The number of hydrogen-bond acceptors (Lipinski definition) is 2. The summed E-state index contributed by atoms with van der Waals surface area (Å²) < 4.78 is 1.92. The van der Waals surface area contributed by atoms with Crippen molar-refractivity contribution in [1.82, 2.24) is 15.1 Å². The smallest absolute Gasteiger partial charge is 0.0837 e. The third kappa shape index (κ3) is 2.78. The van der Waals surface area contributed by atoms with Crippen LogP contribution in [0.15, 0.2) is 30.5 Å². The molecule has 3 nitrogen and oxygen atoms in total. The Labute approximate surface area is 123 Å². The fourth-order valence-corrected chi connectivity index (χ4v) is 2.67. The minimum atomic E-state index is -0.0777. The van der Waals surface area contributed by atoms with Crippen molar-refractivity contribution in [2.24, 2.45) is 0 Å². The number of aromatic nitrogens is 2. The van der Waals surface area contributed by atoms with Gasteiger partial charge in [0.1, 0.15) is 0 Å². The second-order valence-corrected chi connectivity index (χ2v) is 5.47. The van der Waals surface area contributed by atoms with Crippen LogP contribution in [0.2, 0.25) is 10.0 Å². The van der Waals surface area contributed by atoms with Crippen LogP contribution in [-0.4, -0.2) is 16.8 Å². The minimum absolute atomic E-state index is 0.0777. The largest absolute Gasteiger partial charge is 0.308 e. The van der Waals surface area contributed by atoms with Crippen molar-refractivity contribution in [1.29, 1.82) is 0 Å². The van der Waals surface area contributed by atoms with Gasteiger partial charge < -0.3 is 5.32 Å². The van der Waals surface area contributed by atoms with Crippen molar-refractivity contribution in [3.05, 3.63) is 51.8 Å². The van der Waals surface area contributed by atoms with Crippen LogP contribution in [0.3, 0.4) is 0 Å². The summed E-state index contributed by atoms with van der Waals surface area (Å²) in [5.74, 6) is 0. The van der Waals surface area contributed by atoms with E-state index < -0.39 is 0 Å². The standard InChI is InChI=1S/C14H17Cl2N3/c1-9(2)19-14(12(16)8-18-19)13(17-3)10-6-4-5-7-11(10)15/h4-9,13,17H,1-3H3. The lowest BCUT2D eigenvalue weighted by molar-refractivity contribution is 0.484. The van der Waals surface area contributed by atoms with Crippen molar-refractivity contribution >= 4 is 23.2 Å². The highest BCUT2D eigenvalue weighted by Crippen LogP contribution is 2.33. The van der Waals surface area contributed by atoms with E-state index in [0.29, 0.717) is 5.02 Å². The Morgan fingerprint density at radius 1 is 1.16 bits per heavy atom. The van der Waals surface area contributed by atoms with Crippen LogP contribution < -0.4 is 5.32 Å². The summed E-state index contributed by atoms with van der Waals surface area (Å²) in [6.07, 6.45) is 1.68. The average molecular weight is 298 g/mol. The maximum atomic E-state index is 6.30. The van der Waals surface area contributed by atoms with Crippen molar-refractivity contribution < 1.29 is 0 Å². The van der Waals surface area contributed by atoms with E-state index in [1.807, 2.05) is 36.0 Å². The molecule has 2 aromatic rings. The second-order valence-electron chi connectivity index (χ2n) is 4.66. The van der Waals surface area contributed by atoms with Gasteiger partial charge in [0, 0.05) is 11.1 Å². The van der Waals surface area contributed by atoms with Gasteiger partial charge in [0.05, 0.1) is 23.0 Å². The molecule has 0 aliphatic rings. The van der Waals surface area contributed by atoms with Gasteiger partial charge in [0.25, 0.3) is 0 Å². The lowest BCUT2D eigenvalue weighted by Crippen LogP contribution is -2.23. The van der Waals surface area contributed by atoms with Crippen LogP contribution in [-0.2, 0) is 0 Å². The summed E-state index contributed by atoms with van der Waals surface area (Å²) in [7, 11) is 1.89. The Bertz CT molecular complexity index is 564. The molecule has 0 amide bonds. The first-order chi connectivity index (χ1) is 9.06. The number of rotatable bonds is 4. The molecule has 102 valence electrons. The average Bonchev–Trinajstić information content (AvgIpc) is 2.75. The van der Waals surface area contributed by atoms with Crippen molar-refractivity contribution in [2.45, 2.75) is 25.9 Å². The van der Waals surface area contributed by atoms with E-state index >= 15 is 0 Å². The highest BCUT2D eigenvalue weighted by molar-refractivity contribution is 6.32. The SMILES string of the molecule is CNC(c1ccccc1Cl)c1c(Cl)cnn1C(C)C. The van der Waals surface area contributed by atoms with Crippen molar-refractivity contribution in [2.75, 3.05) is 7.05 Å². The summed E-state index contributed by atoms with van der Waals surface area (Å²) in [6, 6.07) is 7.92. The molecular formula is C14H17Cl2N3. The number of hydrogen-bond donors (Lipinski definition) is 1. The molecule has 0 aliphatic heterocycles. The van der Waals surface area contributed by atoms with Gasteiger partial charge in [-0.25, -0.2) is 0 Å². The molecule has 1 aromatic carbocycles. The summed E-state index contributed by atoms with van der Waals surface area (Å²) >= 11 is 12.6. The Morgan fingerprint density at radius 2 is 1.84 bits per heavy atom. The summed E-state index contributed by atoms with van der Waals surface area (Å²) in [5, 5.41) is 8.97. The summed E-state index contributed by atoms with van der Waals surface area (Å²) in [5.41, 5.74) is 1.93. The van der Waals surface area contributed by atoms with Gasteiger partial charge in [-0.15, -0.1) is 0 Å². The molecule has 5 heteroatoms. The first-order valence-electron chi connectivity index (χ1n) is 6.20.